The number of nitro groups is 1. The monoisotopic (exact) mass is 296 g/mol. The molecule has 0 aromatic heterocycles. The number of nitro benzene ring substituents is 1. The molecule has 1 heterocycles. The average molecular weight is 296 g/mol. The SMILES string of the molecule is COc1cc(NC2COCC2(C)C(=O)O)ccc1[N+](=O)[O-]. The second-order valence-corrected chi connectivity index (χ2v) is 5.08. The highest BCUT2D eigenvalue weighted by Gasteiger charge is 2.46. The van der Waals surface area contributed by atoms with Crippen LogP contribution in [0.1, 0.15) is 6.92 Å². The number of methoxy groups -OCH3 is 1. The Labute approximate surface area is 120 Å². The first-order valence-corrected chi connectivity index (χ1v) is 6.28. The summed E-state index contributed by atoms with van der Waals surface area (Å²) in [4.78, 5) is 21.7. The molecule has 2 rings (SSSR count). The van der Waals surface area contributed by atoms with Crippen LogP contribution in [-0.4, -0.2) is 42.4 Å². The van der Waals surface area contributed by atoms with E-state index in [1.165, 1.54) is 25.3 Å². The molecule has 114 valence electrons. The summed E-state index contributed by atoms with van der Waals surface area (Å²) in [5.41, 5.74) is -0.651. The molecule has 1 aliphatic rings. The molecular weight excluding hydrogens is 280 g/mol. The van der Waals surface area contributed by atoms with Crippen LogP contribution < -0.4 is 10.1 Å². The van der Waals surface area contributed by atoms with Crippen molar-refractivity contribution in [1.82, 2.24) is 0 Å². The fourth-order valence-electron chi connectivity index (χ4n) is 2.20. The van der Waals surface area contributed by atoms with Crippen LogP contribution >= 0.6 is 0 Å². The maximum atomic E-state index is 11.4. The third-order valence-corrected chi connectivity index (χ3v) is 3.66. The Bertz CT molecular complexity index is 576. The van der Waals surface area contributed by atoms with Crippen LogP contribution in [0.25, 0.3) is 0 Å². The molecule has 0 saturated carbocycles. The fourth-order valence-corrected chi connectivity index (χ4v) is 2.20. The molecule has 1 fully saturated rings. The van der Waals surface area contributed by atoms with Crippen molar-refractivity contribution in [3.63, 3.8) is 0 Å². The van der Waals surface area contributed by atoms with Crippen molar-refractivity contribution in [2.24, 2.45) is 5.41 Å². The van der Waals surface area contributed by atoms with Crippen molar-refractivity contribution in [1.29, 1.82) is 0 Å². The van der Waals surface area contributed by atoms with E-state index < -0.39 is 22.3 Å². The van der Waals surface area contributed by atoms with E-state index in [1.54, 1.807) is 6.92 Å². The number of carboxylic acid groups (broad SMARTS) is 1. The topological polar surface area (TPSA) is 111 Å². The number of nitrogens with one attached hydrogen (secondary N) is 1. The molecule has 8 nitrogen and oxygen atoms in total. The summed E-state index contributed by atoms with van der Waals surface area (Å²) in [5, 5.41) is 23.2. The minimum atomic E-state index is -1.05. The number of aliphatic carboxylic acids is 1. The maximum Gasteiger partial charge on any atom is 0.313 e. The largest absolute Gasteiger partial charge is 0.490 e. The van der Waals surface area contributed by atoms with E-state index in [4.69, 9.17) is 9.47 Å². The van der Waals surface area contributed by atoms with E-state index in [9.17, 15) is 20.0 Å². The number of carbonyl (C=O) groups is 1. The predicted octanol–water partition coefficient (Wildman–Crippen LogP) is 1.50. The molecule has 1 aromatic rings. The van der Waals surface area contributed by atoms with Gasteiger partial charge in [-0.05, 0) is 13.0 Å². The van der Waals surface area contributed by atoms with E-state index in [1.807, 2.05) is 0 Å². The first-order chi connectivity index (χ1) is 9.88. The van der Waals surface area contributed by atoms with Gasteiger partial charge in [-0.2, -0.15) is 0 Å². The lowest BCUT2D eigenvalue weighted by Crippen LogP contribution is -2.43. The number of ether oxygens (including phenoxy) is 2. The Morgan fingerprint density at radius 2 is 2.33 bits per heavy atom. The zero-order valence-electron chi connectivity index (χ0n) is 11.7. The van der Waals surface area contributed by atoms with Crippen molar-refractivity contribution >= 4 is 17.3 Å². The highest BCUT2D eigenvalue weighted by atomic mass is 16.6. The Morgan fingerprint density at radius 3 is 2.90 bits per heavy atom. The minimum Gasteiger partial charge on any atom is -0.490 e. The van der Waals surface area contributed by atoms with Crippen LogP contribution in [0.4, 0.5) is 11.4 Å². The lowest BCUT2D eigenvalue weighted by atomic mass is 9.85. The molecule has 0 amide bonds. The number of carboxylic acids is 1. The van der Waals surface area contributed by atoms with Crippen LogP contribution in [0.5, 0.6) is 5.75 Å². The van der Waals surface area contributed by atoms with Crippen LogP contribution in [0.2, 0.25) is 0 Å². The molecule has 1 aliphatic heterocycles. The molecule has 8 heteroatoms. The van der Waals surface area contributed by atoms with Crippen molar-refractivity contribution < 1.29 is 24.3 Å². The van der Waals surface area contributed by atoms with E-state index in [-0.39, 0.29) is 24.7 Å². The van der Waals surface area contributed by atoms with Gasteiger partial charge < -0.3 is 19.9 Å². The molecule has 0 bridgehead atoms. The summed E-state index contributed by atoms with van der Waals surface area (Å²) in [6, 6.07) is 3.87. The van der Waals surface area contributed by atoms with Gasteiger partial charge in [-0.15, -0.1) is 0 Å². The smallest absolute Gasteiger partial charge is 0.313 e. The van der Waals surface area contributed by atoms with E-state index >= 15 is 0 Å². The second-order valence-electron chi connectivity index (χ2n) is 5.08. The average Bonchev–Trinajstić information content (AvgIpc) is 2.81. The van der Waals surface area contributed by atoms with E-state index in [0.29, 0.717) is 5.69 Å². The van der Waals surface area contributed by atoms with Crippen LogP contribution in [0.15, 0.2) is 18.2 Å². The third kappa shape index (κ3) is 2.75. The standard InChI is InChI=1S/C13H16N2O6/c1-13(12(16)17)7-21-6-11(13)14-8-3-4-9(15(18)19)10(5-8)20-2/h3-5,11,14H,6-7H2,1-2H3,(H,16,17). The summed E-state index contributed by atoms with van der Waals surface area (Å²) in [5.74, 6) is -0.840. The minimum absolute atomic E-state index is 0.112. The molecule has 2 atom stereocenters. The lowest BCUT2D eigenvalue weighted by molar-refractivity contribution is -0.385. The van der Waals surface area contributed by atoms with Crippen molar-refractivity contribution in [3.05, 3.63) is 28.3 Å². The first-order valence-electron chi connectivity index (χ1n) is 6.28. The summed E-state index contributed by atoms with van der Waals surface area (Å²) in [6.45, 7) is 1.97. The van der Waals surface area contributed by atoms with Crippen LogP contribution in [0.3, 0.4) is 0 Å². The van der Waals surface area contributed by atoms with Gasteiger partial charge in [0.15, 0.2) is 5.75 Å². The zero-order chi connectivity index (χ0) is 15.6. The summed E-state index contributed by atoms with van der Waals surface area (Å²) in [6.07, 6.45) is 0. The van der Waals surface area contributed by atoms with Crippen LogP contribution in [0, 0.1) is 15.5 Å². The Morgan fingerprint density at radius 1 is 1.62 bits per heavy atom. The van der Waals surface area contributed by atoms with E-state index in [0.717, 1.165) is 0 Å². The molecular formula is C13H16N2O6. The molecule has 1 saturated heterocycles. The number of anilines is 1. The number of nitrogens with zero attached hydrogens (tertiary/aromatic N) is 1. The molecule has 2 unspecified atom stereocenters. The Hall–Kier alpha value is -2.35. The third-order valence-electron chi connectivity index (χ3n) is 3.66. The fraction of sp³-hybridized carbons (Fsp3) is 0.462. The summed E-state index contributed by atoms with van der Waals surface area (Å²) >= 11 is 0. The van der Waals surface area contributed by atoms with Crippen LogP contribution in [-0.2, 0) is 9.53 Å². The van der Waals surface area contributed by atoms with Gasteiger partial charge in [0.2, 0.25) is 0 Å². The van der Waals surface area contributed by atoms with Crippen molar-refractivity contribution in [3.8, 4) is 5.75 Å². The van der Waals surface area contributed by atoms with Gasteiger partial charge in [0.25, 0.3) is 0 Å². The van der Waals surface area contributed by atoms with E-state index in [2.05, 4.69) is 5.32 Å². The first kappa shape index (κ1) is 15.0. The molecule has 0 aliphatic carbocycles. The summed E-state index contributed by atoms with van der Waals surface area (Å²) < 4.78 is 10.2. The number of hydrogen-bond acceptors (Lipinski definition) is 6. The number of hydrogen-bond donors (Lipinski definition) is 2. The molecule has 21 heavy (non-hydrogen) atoms. The maximum absolute atomic E-state index is 11.4. The van der Waals surface area contributed by atoms with Crippen molar-refractivity contribution in [2.45, 2.75) is 13.0 Å². The normalized spacial score (nSPS) is 24.6. The predicted molar refractivity (Wildman–Crippen MR) is 73.6 cm³/mol. The quantitative estimate of drug-likeness (QED) is 0.625. The van der Waals surface area contributed by atoms with Gasteiger partial charge in [-0.25, -0.2) is 0 Å². The van der Waals surface area contributed by atoms with Gasteiger partial charge in [-0.3, -0.25) is 14.9 Å². The Balaban J connectivity index is 2.24. The molecule has 0 radical (unpaired) electrons. The summed E-state index contributed by atoms with van der Waals surface area (Å²) in [7, 11) is 1.34. The molecule has 1 aromatic carbocycles. The zero-order valence-corrected chi connectivity index (χ0v) is 11.7. The Kier molecular flexibility index (Phi) is 3.99. The molecule has 2 N–H and O–H groups in total. The van der Waals surface area contributed by atoms with Crippen molar-refractivity contribution in [2.75, 3.05) is 25.6 Å². The highest BCUT2D eigenvalue weighted by Crippen LogP contribution is 2.34. The van der Waals surface area contributed by atoms with Gasteiger partial charge in [0.1, 0.15) is 5.41 Å². The van der Waals surface area contributed by atoms with Gasteiger partial charge in [-0.1, -0.05) is 0 Å². The number of rotatable bonds is 5. The lowest BCUT2D eigenvalue weighted by Gasteiger charge is -2.26. The molecule has 0 spiro atoms. The number of benzene rings is 1. The van der Waals surface area contributed by atoms with Gasteiger partial charge in [0, 0.05) is 17.8 Å². The van der Waals surface area contributed by atoms with Gasteiger partial charge >= 0.3 is 11.7 Å². The van der Waals surface area contributed by atoms with Gasteiger partial charge in [0.05, 0.1) is 31.3 Å². The highest BCUT2D eigenvalue weighted by molar-refractivity contribution is 5.76. The second kappa shape index (κ2) is 5.57.